The van der Waals surface area contributed by atoms with Crippen LogP contribution in [0.5, 0.6) is 0 Å². The first kappa shape index (κ1) is 14.5. The van der Waals surface area contributed by atoms with E-state index in [4.69, 9.17) is 19.0 Å². The average molecular weight is 196 g/mol. The molecular formula is C6H20N2O3Si. The fraction of sp³-hybridized carbons (Fsp3) is 1.00. The molecule has 0 saturated heterocycles. The summed E-state index contributed by atoms with van der Waals surface area (Å²) in [5.74, 6) is 0. The number of hydrogen-bond donors (Lipinski definition) is 2. The Hall–Kier alpha value is 0.0169. The molecule has 0 radical (unpaired) electrons. The molecule has 0 aliphatic carbocycles. The van der Waals surface area contributed by atoms with Crippen LogP contribution in [0, 0.1) is 0 Å². The minimum atomic E-state index is -2.52. The fourth-order valence-electron chi connectivity index (χ4n) is 0.808. The standard InChI is InChI=1S/C5H15NO3Si.CH5N/c1-5(6)10(7-2,8-3)9-4;1-2/h5H,6H2,1-4H3;2H2,1H3. The zero-order valence-electron chi connectivity index (χ0n) is 8.46. The van der Waals surface area contributed by atoms with E-state index in [-0.39, 0.29) is 5.67 Å². The smallest absolute Gasteiger partial charge is 0.376 e. The zero-order valence-corrected chi connectivity index (χ0v) is 9.46. The van der Waals surface area contributed by atoms with Crippen molar-refractivity contribution in [1.29, 1.82) is 0 Å². The van der Waals surface area contributed by atoms with Gasteiger partial charge in [-0.15, -0.1) is 0 Å². The summed E-state index contributed by atoms with van der Waals surface area (Å²) in [7, 11) is 3.62. The van der Waals surface area contributed by atoms with Crippen molar-refractivity contribution in [2.75, 3.05) is 28.4 Å². The van der Waals surface area contributed by atoms with Crippen LogP contribution in [-0.4, -0.2) is 42.8 Å². The van der Waals surface area contributed by atoms with E-state index in [1.54, 1.807) is 21.3 Å². The van der Waals surface area contributed by atoms with Gasteiger partial charge in [-0.05, 0) is 14.0 Å². The molecule has 0 aromatic heterocycles. The molecule has 1 atom stereocenters. The lowest BCUT2D eigenvalue weighted by atomic mass is 10.8. The average Bonchev–Trinajstić information content (AvgIpc) is 2.11. The molecule has 4 N–H and O–H groups in total. The van der Waals surface area contributed by atoms with E-state index in [0.717, 1.165) is 0 Å². The van der Waals surface area contributed by atoms with Crippen LogP contribution in [0.2, 0.25) is 0 Å². The van der Waals surface area contributed by atoms with Crippen LogP contribution in [0.1, 0.15) is 6.92 Å². The largest absolute Gasteiger partial charge is 0.517 e. The summed E-state index contributed by atoms with van der Waals surface area (Å²) in [4.78, 5) is 0. The Morgan fingerprint density at radius 1 is 1.00 bits per heavy atom. The van der Waals surface area contributed by atoms with Crippen LogP contribution >= 0.6 is 0 Å². The fourth-order valence-corrected chi connectivity index (χ4v) is 2.42. The Kier molecular flexibility index (Phi) is 9.27. The summed E-state index contributed by atoms with van der Waals surface area (Å²) in [5.41, 5.74) is 9.90. The maximum atomic E-state index is 5.59. The first-order valence-electron chi connectivity index (χ1n) is 3.61. The second kappa shape index (κ2) is 7.65. The quantitative estimate of drug-likeness (QED) is 0.583. The third-order valence-electron chi connectivity index (χ3n) is 1.41. The predicted molar refractivity (Wildman–Crippen MR) is 50.5 cm³/mol. The summed E-state index contributed by atoms with van der Waals surface area (Å²) in [6.07, 6.45) is 0. The minimum Gasteiger partial charge on any atom is -0.376 e. The molecule has 76 valence electrons. The van der Waals surface area contributed by atoms with Gasteiger partial charge in [-0.1, -0.05) is 0 Å². The van der Waals surface area contributed by atoms with Gasteiger partial charge in [0.15, 0.2) is 0 Å². The molecule has 0 aliphatic rings. The molecule has 0 aliphatic heterocycles. The molecular weight excluding hydrogens is 176 g/mol. The lowest BCUT2D eigenvalue weighted by Crippen LogP contribution is -2.57. The van der Waals surface area contributed by atoms with Gasteiger partial charge >= 0.3 is 8.80 Å². The first-order chi connectivity index (χ1) is 5.63. The molecule has 0 aromatic rings. The van der Waals surface area contributed by atoms with Gasteiger partial charge in [0.1, 0.15) is 0 Å². The Morgan fingerprint density at radius 3 is 1.25 bits per heavy atom. The summed E-state index contributed by atoms with van der Waals surface area (Å²) >= 11 is 0. The van der Waals surface area contributed by atoms with Crippen molar-refractivity contribution in [3.63, 3.8) is 0 Å². The normalized spacial score (nSPS) is 13.2. The highest BCUT2D eigenvalue weighted by Crippen LogP contribution is 2.08. The molecule has 0 fully saturated rings. The highest BCUT2D eigenvalue weighted by atomic mass is 28.4. The molecule has 0 aromatic carbocycles. The Labute approximate surface area is 75.3 Å². The van der Waals surface area contributed by atoms with Gasteiger partial charge < -0.3 is 24.7 Å². The number of hydrogen-bond acceptors (Lipinski definition) is 5. The van der Waals surface area contributed by atoms with Crippen LogP contribution in [0.25, 0.3) is 0 Å². The molecule has 0 spiro atoms. The van der Waals surface area contributed by atoms with E-state index >= 15 is 0 Å². The Morgan fingerprint density at radius 2 is 1.25 bits per heavy atom. The van der Waals surface area contributed by atoms with Gasteiger partial charge in [-0.25, -0.2) is 0 Å². The van der Waals surface area contributed by atoms with Crippen LogP contribution in [0.15, 0.2) is 0 Å². The second-order valence-corrected chi connectivity index (χ2v) is 5.35. The van der Waals surface area contributed by atoms with Gasteiger partial charge in [0.05, 0.1) is 5.67 Å². The van der Waals surface area contributed by atoms with Gasteiger partial charge in [0.25, 0.3) is 0 Å². The van der Waals surface area contributed by atoms with Gasteiger partial charge in [0.2, 0.25) is 0 Å². The molecule has 1 unspecified atom stereocenters. The third-order valence-corrected chi connectivity index (χ3v) is 4.23. The topological polar surface area (TPSA) is 79.7 Å². The van der Waals surface area contributed by atoms with Crippen LogP contribution in [-0.2, 0) is 13.3 Å². The summed E-state index contributed by atoms with van der Waals surface area (Å²) in [6, 6.07) is 0. The third kappa shape index (κ3) is 3.61. The van der Waals surface area contributed by atoms with Crippen molar-refractivity contribution in [3.05, 3.63) is 0 Å². The van der Waals surface area contributed by atoms with E-state index in [1.165, 1.54) is 7.05 Å². The monoisotopic (exact) mass is 196 g/mol. The SMILES string of the molecule is CN.CO[Si](OC)(OC)C(C)N. The summed E-state index contributed by atoms with van der Waals surface area (Å²) in [5, 5.41) is 0. The Bertz CT molecular complexity index is 90.5. The second-order valence-electron chi connectivity index (χ2n) is 2.00. The molecule has 5 nitrogen and oxygen atoms in total. The highest BCUT2D eigenvalue weighted by molar-refractivity contribution is 6.62. The Balaban J connectivity index is 0. The first-order valence-corrected chi connectivity index (χ1v) is 5.42. The lowest BCUT2D eigenvalue weighted by molar-refractivity contribution is 0.115. The van der Waals surface area contributed by atoms with Crippen molar-refractivity contribution < 1.29 is 13.3 Å². The van der Waals surface area contributed by atoms with E-state index in [1.807, 2.05) is 6.92 Å². The number of rotatable bonds is 4. The molecule has 6 heteroatoms. The maximum Gasteiger partial charge on any atom is 0.517 e. The summed E-state index contributed by atoms with van der Waals surface area (Å²) < 4.78 is 15.2. The zero-order chi connectivity index (χ0) is 10.2. The van der Waals surface area contributed by atoms with Crippen LogP contribution in [0.4, 0.5) is 0 Å². The van der Waals surface area contributed by atoms with E-state index in [9.17, 15) is 0 Å². The van der Waals surface area contributed by atoms with E-state index in [0.29, 0.717) is 0 Å². The molecule has 0 rings (SSSR count). The predicted octanol–water partition coefficient (Wildman–Crippen LogP) is -0.674. The van der Waals surface area contributed by atoms with Crippen LogP contribution < -0.4 is 11.5 Å². The van der Waals surface area contributed by atoms with Crippen molar-refractivity contribution in [3.8, 4) is 0 Å². The van der Waals surface area contributed by atoms with Crippen molar-refractivity contribution in [2.45, 2.75) is 12.6 Å². The number of nitrogens with two attached hydrogens (primary N) is 2. The highest BCUT2D eigenvalue weighted by Gasteiger charge is 2.42. The minimum absolute atomic E-state index is 0.188. The van der Waals surface area contributed by atoms with Crippen LogP contribution in [0.3, 0.4) is 0 Å². The maximum absolute atomic E-state index is 5.59. The van der Waals surface area contributed by atoms with Crippen molar-refractivity contribution in [1.82, 2.24) is 0 Å². The molecule has 0 bridgehead atoms. The van der Waals surface area contributed by atoms with E-state index < -0.39 is 8.80 Å². The van der Waals surface area contributed by atoms with Crippen molar-refractivity contribution >= 4 is 8.80 Å². The van der Waals surface area contributed by atoms with Crippen molar-refractivity contribution in [2.24, 2.45) is 11.5 Å². The molecule has 0 heterocycles. The lowest BCUT2D eigenvalue weighted by Gasteiger charge is -2.27. The molecule has 0 saturated carbocycles. The van der Waals surface area contributed by atoms with E-state index in [2.05, 4.69) is 5.73 Å². The van der Waals surface area contributed by atoms with Gasteiger partial charge in [-0.3, -0.25) is 0 Å². The molecule has 0 amide bonds. The summed E-state index contributed by atoms with van der Waals surface area (Å²) in [6.45, 7) is 1.81. The van der Waals surface area contributed by atoms with Gasteiger partial charge in [-0.2, -0.15) is 0 Å². The van der Waals surface area contributed by atoms with Gasteiger partial charge in [0, 0.05) is 21.3 Å². The molecule has 12 heavy (non-hydrogen) atoms.